The Bertz CT molecular complexity index is 453. The molecule has 1 amide bonds. The molecule has 0 radical (unpaired) electrons. The number of ether oxygens (including phenoxy) is 1. The van der Waals surface area contributed by atoms with Gasteiger partial charge in [0.05, 0.1) is 18.8 Å². The van der Waals surface area contributed by atoms with Gasteiger partial charge in [-0.3, -0.25) is 9.89 Å². The second kappa shape index (κ2) is 4.39. The lowest BCUT2D eigenvalue weighted by molar-refractivity contribution is -0.0389. The number of aromatic amines is 1. The first-order valence-corrected chi connectivity index (χ1v) is 6.63. The molecule has 5 heteroatoms. The average Bonchev–Trinajstić information content (AvgIpc) is 3.09. The van der Waals surface area contributed by atoms with Crippen LogP contribution in [0, 0.1) is 0 Å². The summed E-state index contributed by atoms with van der Waals surface area (Å²) in [5.74, 6) is 0.612. The lowest BCUT2D eigenvalue weighted by Crippen LogP contribution is -2.50. The van der Waals surface area contributed by atoms with E-state index in [1.807, 2.05) is 24.8 Å². The van der Waals surface area contributed by atoms with Gasteiger partial charge in [-0.05, 0) is 32.8 Å². The molecule has 1 aromatic heterocycles. The van der Waals surface area contributed by atoms with Crippen LogP contribution < -0.4 is 0 Å². The summed E-state index contributed by atoms with van der Waals surface area (Å²) < 4.78 is 5.54. The zero-order valence-corrected chi connectivity index (χ0v) is 10.8. The topological polar surface area (TPSA) is 58.2 Å². The van der Waals surface area contributed by atoms with Gasteiger partial charge in [-0.15, -0.1) is 0 Å². The third-order valence-electron chi connectivity index (χ3n) is 3.70. The van der Waals surface area contributed by atoms with Crippen molar-refractivity contribution in [1.29, 1.82) is 0 Å². The number of morpholine rings is 1. The number of nitrogens with zero attached hydrogens (tertiary/aromatic N) is 2. The molecule has 0 unspecified atom stereocenters. The Morgan fingerprint density at radius 3 is 3.00 bits per heavy atom. The van der Waals surface area contributed by atoms with Gasteiger partial charge >= 0.3 is 0 Å². The first-order valence-electron chi connectivity index (χ1n) is 6.63. The van der Waals surface area contributed by atoms with E-state index in [0.29, 0.717) is 24.8 Å². The van der Waals surface area contributed by atoms with Crippen molar-refractivity contribution in [2.45, 2.75) is 44.8 Å². The normalized spacial score (nSPS) is 28.4. The number of carbonyl (C=O) groups excluding carboxylic acids is 1. The van der Waals surface area contributed by atoms with E-state index >= 15 is 0 Å². The molecule has 1 aliphatic carbocycles. The van der Waals surface area contributed by atoms with E-state index in [1.165, 1.54) is 12.8 Å². The van der Waals surface area contributed by atoms with Crippen LogP contribution in [0.15, 0.2) is 6.07 Å². The van der Waals surface area contributed by atoms with E-state index in [0.717, 1.165) is 5.69 Å². The van der Waals surface area contributed by atoms with Gasteiger partial charge in [0.15, 0.2) is 0 Å². The Balaban J connectivity index is 1.75. The predicted octanol–water partition coefficient (Wildman–Crippen LogP) is 1.54. The Hall–Kier alpha value is -1.36. The predicted molar refractivity (Wildman–Crippen MR) is 66.5 cm³/mol. The van der Waals surface area contributed by atoms with Gasteiger partial charge in [-0.2, -0.15) is 5.10 Å². The van der Waals surface area contributed by atoms with Crippen molar-refractivity contribution in [3.05, 3.63) is 17.5 Å². The molecule has 18 heavy (non-hydrogen) atoms. The Labute approximate surface area is 107 Å². The number of hydrogen-bond acceptors (Lipinski definition) is 3. The molecule has 1 aliphatic heterocycles. The van der Waals surface area contributed by atoms with Crippen LogP contribution in [0.3, 0.4) is 0 Å². The molecule has 0 spiro atoms. The third kappa shape index (κ3) is 2.14. The maximum absolute atomic E-state index is 12.4. The summed E-state index contributed by atoms with van der Waals surface area (Å²) >= 11 is 0. The number of carbonyl (C=O) groups is 1. The molecular formula is C13H19N3O2. The van der Waals surface area contributed by atoms with Gasteiger partial charge in [-0.1, -0.05) is 0 Å². The molecule has 98 valence electrons. The fourth-order valence-electron chi connectivity index (χ4n) is 2.38. The molecule has 0 bridgehead atoms. The molecular weight excluding hydrogens is 230 g/mol. The summed E-state index contributed by atoms with van der Waals surface area (Å²) in [6.07, 6.45) is 2.52. The highest BCUT2D eigenvalue weighted by atomic mass is 16.5. The molecule has 1 aromatic rings. The van der Waals surface area contributed by atoms with Crippen molar-refractivity contribution < 1.29 is 9.53 Å². The van der Waals surface area contributed by atoms with Crippen molar-refractivity contribution in [2.75, 3.05) is 13.2 Å². The maximum atomic E-state index is 12.4. The van der Waals surface area contributed by atoms with Crippen LogP contribution in [0.2, 0.25) is 0 Å². The Morgan fingerprint density at radius 2 is 2.28 bits per heavy atom. The number of amides is 1. The van der Waals surface area contributed by atoms with Crippen LogP contribution in [-0.4, -0.2) is 46.3 Å². The molecule has 5 nitrogen and oxygen atoms in total. The molecule has 3 rings (SSSR count). The highest BCUT2D eigenvalue weighted by Gasteiger charge is 2.31. The monoisotopic (exact) mass is 249 g/mol. The molecule has 1 N–H and O–H groups in total. The van der Waals surface area contributed by atoms with Gasteiger partial charge in [0, 0.05) is 18.2 Å². The van der Waals surface area contributed by atoms with Crippen LogP contribution in [0.4, 0.5) is 0 Å². The Morgan fingerprint density at radius 1 is 1.50 bits per heavy atom. The molecule has 1 saturated heterocycles. The number of H-pyrrole nitrogens is 1. The second-order valence-electron chi connectivity index (χ2n) is 5.43. The van der Waals surface area contributed by atoms with E-state index in [9.17, 15) is 4.79 Å². The quantitative estimate of drug-likeness (QED) is 0.865. The highest BCUT2D eigenvalue weighted by molar-refractivity contribution is 5.92. The first-order chi connectivity index (χ1) is 8.65. The SMILES string of the molecule is C[C@@H]1CN(C(=O)c2cc(C3CC3)[nH]n2)[C@@H](C)CO1. The molecule has 2 fully saturated rings. The van der Waals surface area contributed by atoms with Crippen LogP contribution in [-0.2, 0) is 4.74 Å². The molecule has 2 atom stereocenters. The second-order valence-corrected chi connectivity index (χ2v) is 5.43. The minimum absolute atomic E-state index is 0.0146. The molecule has 2 heterocycles. The summed E-state index contributed by atoms with van der Waals surface area (Å²) in [7, 11) is 0. The summed E-state index contributed by atoms with van der Waals surface area (Å²) in [6, 6.07) is 2.03. The van der Waals surface area contributed by atoms with Gasteiger partial charge in [0.2, 0.25) is 0 Å². The third-order valence-corrected chi connectivity index (χ3v) is 3.70. The van der Waals surface area contributed by atoms with Crippen LogP contribution >= 0.6 is 0 Å². The summed E-state index contributed by atoms with van der Waals surface area (Å²) in [5, 5.41) is 7.14. The fraction of sp³-hybridized carbons (Fsp3) is 0.692. The van der Waals surface area contributed by atoms with E-state index in [-0.39, 0.29) is 18.1 Å². The van der Waals surface area contributed by atoms with Crippen molar-refractivity contribution in [3.8, 4) is 0 Å². The number of aromatic nitrogens is 2. The molecule has 1 saturated carbocycles. The van der Waals surface area contributed by atoms with Crippen molar-refractivity contribution in [2.24, 2.45) is 0 Å². The van der Waals surface area contributed by atoms with Gasteiger partial charge in [-0.25, -0.2) is 0 Å². The zero-order chi connectivity index (χ0) is 12.7. The average molecular weight is 249 g/mol. The zero-order valence-electron chi connectivity index (χ0n) is 10.8. The maximum Gasteiger partial charge on any atom is 0.274 e. The van der Waals surface area contributed by atoms with Crippen molar-refractivity contribution >= 4 is 5.91 Å². The number of rotatable bonds is 2. The summed E-state index contributed by atoms with van der Waals surface area (Å²) in [5.41, 5.74) is 1.64. The largest absolute Gasteiger partial charge is 0.375 e. The highest BCUT2D eigenvalue weighted by Crippen LogP contribution is 2.39. The minimum atomic E-state index is 0.0146. The van der Waals surface area contributed by atoms with Crippen molar-refractivity contribution in [3.63, 3.8) is 0 Å². The lowest BCUT2D eigenvalue weighted by Gasteiger charge is -2.36. The summed E-state index contributed by atoms with van der Waals surface area (Å²) in [4.78, 5) is 14.3. The van der Waals surface area contributed by atoms with Gasteiger partial charge in [0.25, 0.3) is 5.91 Å². The molecule has 2 aliphatic rings. The van der Waals surface area contributed by atoms with Crippen LogP contribution in [0.5, 0.6) is 0 Å². The van der Waals surface area contributed by atoms with E-state index in [4.69, 9.17) is 4.74 Å². The van der Waals surface area contributed by atoms with Crippen LogP contribution in [0.1, 0.15) is 48.8 Å². The van der Waals surface area contributed by atoms with Gasteiger partial charge in [0.1, 0.15) is 5.69 Å². The van der Waals surface area contributed by atoms with E-state index in [1.54, 1.807) is 0 Å². The van der Waals surface area contributed by atoms with Gasteiger partial charge < -0.3 is 9.64 Å². The fourth-order valence-corrected chi connectivity index (χ4v) is 2.38. The first kappa shape index (κ1) is 11.7. The molecule has 0 aromatic carbocycles. The number of hydrogen-bond donors (Lipinski definition) is 1. The van der Waals surface area contributed by atoms with E-state index in [2.05, 4.69) is 10.2 Å². The van der Waals surface area contributed by atoms with Crippen LogP contribution in [0.25, 0.3) is 0 Å². The Kier molecular flexibility index (Phi) is 2.86. The standard InChI is InChI=1S/C13H19N3O2/c1-8-7-18-9(2)6-16(8)13(17)12-5-11(14-15-12)10-3-4-10/h5,8-10H,3-4,6-7H2,1-2H3,(H,14,15)/t8-,9+/m0/s1. The lowest BCUT2D eigenvalue weighted by atomic mass is 10.2. The number of nitrogens with one attached hydrogen (secondary N) is 1. The minimum Gasteiger partial charge on any atom is -0.375 e. The smallest absolute Gasteiger partial charge is 0.274 e. The van der Waals surface area contributed by atoms with E-state index < -0.39 is 0 Å². The van der Waals surface area contributed by atoms with Crippen molar-refractivity contribution in [1.82, 2.24) is 15.1 Å². The summed E-state index contributed by atoms with van der Waals surface area (Å²) in [6.45, 7) is 5.25.